The Morgan fingerprint density at radius 1 is 1.09 bits per heavy atom. The molecular formula is C19H23NO2S. The van der Waals surface area contributed by atoms with Gasteiger partial charge in [0.15, 0.2) is 0 Å². The minimum atomic E-state index is 0.0689. The van der Waals surface area contributed by atoms with Crippen LogP contribution in [0.2, 0.25) is 0 Å². The van der Waals surface area contributed by atoms with Crippen LogP contribution in [0.25, 0.3) is 11.3 Å². The van der Waals surface area contributed by atoms with Crippen molar-refractivity contribution in [1.29, 1.82) is 0 Å². The molecule has 1 aliphatic rings. The summed E-state index contributed by atoms with van der Waals surface area (Å²) in [4.78, 5) is 0. The highest BCUT2D eigenvalue weighted by Gasteiger charge is 2.17. The Labute approximate surface area is 142 Å². The van der Waals surface area contributed by atoms with Gasteiger partial charge < -0.3 is 14.4 Å². The fraction of sp³-hybridized carbons (Fsp3) is 0.421. The number of pyridine rings is 1. The molecule has 23 heavy (non-hydrogen) atoms. The highest BCUT2D eigenvalue weighted by molar-refractivity contribution is 7.71. The molecule has 0 saturated heterocycles. The Morgan fingerprint density at radius 3 is 2.65 bits per heavy atom. The van der Waals surface area contributed by atoms with Gasteiger partial charge in [0.05, 0.1) is 19.8 Å². The lowest BCUT2D eigenvalue weighted by Crippen LogP contribution is -2.19. The van der Waals surface area contributed by atoms with Crippen LogP contribution in [0.5, 0.6) is 0 Å². The van der Waals surface area contributed by atoms with Gasteiger partial charge in [-0.05, 0) is 42.9 Å². The average molecular weight is 329 g/mol. The molecule has 0 spiro atoms. The zero-order chi connectivity index (χ0) is 16.1. The van der Waals surface area contributed by atoms with Crippen molar-refractivity contribution in [3.05, 3.63) is 52.2 Å². The lowest BCUT2D eigenvalue weighted by atomic mass is 9.94. The number of hydrogen-bond donors (Lipinski definition) is 1. The zero-order valence-corrected chi connectivity index (χ0v) is 14.1. The Bertz CT molecular complexity index is 709. The van der Waals surface area contributed by atoms with Gasteiger partial charge in [-0.15, -0.1) is 0 Å². The van der Waals surface area contributed by atoms with Crippen LogP contribution in [0, 0.1) is 4.51 Å². The maximum Gasteiger partial charge on any atom is 0.0698 e. The van der Waals surface area contributed by atoms with Crippen LogP contribution in [0.15, 0.2) is 36.4 Å². The fourth-order valence-electron chi connectivity index (χ4n) is 3.31. The highest BCUT2D eigenvalue weighted by atomic mass is 32.1. The van der Waals surface area contributed by atoms with E-state index in [9.17, 15) is 0 Å². The molecule has 0 unspecified atom stereocenters. The van der Waals surface area contributed by atoms with Crippen LogP contribution >= 0.6 is 12.2 Å². The van der Waals surface area contributed by atoms with Crippen LogP contribution in [0.3, 0.4) is 0 Å². The molecule has 1 N–H and O–H groups in total. The van der Waals surface area contributed by atoms with E-state index in [1.54, 1.807) is 0 Å². The molecule has 0 saturated carbocycles. The number of fused-ring (bicyclic) bond motifs is 1. The minimum Gasteiger partial charge on any atom is -0.394 e. The normalized spacial score (nSPS) is 13.8. The third kappa shape index (κ3) is 3.71. The maximum atomic E-state index is 8.88. The Balaban J connectivity index is 2.03. The molecule has 1 heterocycles. The van der Waals surface area contributed by atoms with Crippen LogP contribution in [-0.4, -0.2) is 29.5 Å². The zero-order valence-electron chi connectivity index (χ0n) is 13.3. The minimum absolute atomic E-state index is 0.0689. The lowest BCUT2D eigenvalue weighted by molar-refractivity contribution is 0.0867. The van der Waals surface area contributed by atoms with Crippen LogP contribution < -0.4 is 0 Å². The molecule has 0 amide bonds. The highest BCUT2D eigenvalue weighted by Crippen LogP contribution is 2.29. The first-order chi connectivity index (χ1) is 11.3. The third-order valence-electron chi connectivity index (χ3n) is 4.38. The number of rotatable bonds is 6. The second kappa shape index (κ2) is 7.86. The number of nitrogens with zero attached hydrogens (tertiary/aromatic N) is 1. The summed E-state index contributed by atoms with van der Waals surface area (Å²) in [5, 5.41) is 8.88. The summed E-state index contributed by atoms with van der Waals surface area (Å²) in [5.41, 5.74) is 5.07. The van der Waals surface area contributed by atoms with Gasteiger partial charge in [0.25, 0.3) is 0 Å². The molecule has 2 aromatic rings. The van der Waals surface area contributed by atoms with Crippen molar-refractivity contribution in [3.8, 4) is 11.3 Å². The maximum absolute atomic E-state index is 8.88. The van der Waals surface area contributed by atoms with Gasteiger partial charge in [-0.3, -0.25) is 0 Å². The van der Waals surface area contributed by atoms with E-state index >= 15 is 0 Å². The van der Waals surface area contributed by atoms with E-state index in [2.05, 4.69) is 34.9 Å². The molecule has 1 aliphatic carbocycles. The quantitative estimate of drug-likeness (QED) is 0.647. The fourth-order valence-corrected chi connectivity index (χ4v) is 3.64. The average Bonchev–Trinajstić information content (AvgIpc) is 2.61. The van der Waals surface area contributed by atoms with Crippen molar-refractivity contribution in [3.63, 3.8) is 0 Å². The summed E-state index contributed by atoms with van der Waals surface area (Å²) < 4.78 is 8.87. The number of hydrogen-bond acceptors (Lipinski definition) is 3. The molecule has 3 nitrogen and oxygen atoms in total. The number of aliphatic hydroxyl groups excluding tert-OH is 1. The Morgan fingerprint density at radius 2 is 1.87 bits per heavy atom. The molecule has 3 rings (SSSR count). The number of aromatic nitrogens is 1. The van der Waals surface area contributed by atoms with Crippen molar-refractivity contribution < 1.29 is 9.84 Å². The first kappa shape index (κ1) is 16.4. The molecular weight excluding hydrogens is 306 g/mol. The molecule has 0 radical (unpaired) electrons. The number of benzene rings is 1. The van der Waals surface area contributed by atoms with E-state index in [0.717, 1.165) is 23.9 Å². The standard InChI is InChI=1S/C19H23NO2S/c21-11-13-22-12-10-20-17-9-5-4-8-16(17)19(23)14-18(20)15-6-2-1-3-7-15/h1-3,6-7,14,21H,4-5,8-13H2. The topological polar surface area (TPSA) is 34.4 Å². The van der Waals surface area contributed by atoms with Gasteiger partial charge in [0.1, 0.15) is 0 Å². The van der Waals surface area contributed by atoms with Gasteiger partial charge in [-0.1, -0.05) is 42.5 Å². The summed E-state index contributed by atoms with van der Waals surface area (Å²) in [6.07, 6.45) is 4.61. The molecule has 0 atom stereocenters. The summed E-state index contributed by atoms with van der Waals surface area (Å²) in [6, 6.07) is 12.6. The van der Waals surface area contributed by atoms with Crippen molar-refractivity contribution >= 4 is 12.2 Å². The second-order valence-corrected chi connectivity index (χ2v) is 6.32. The predicted molar refractivity (Wildman–Crippen MR) is 95.2 cm³/mol. The lowest BCUT2D eigenvalue weighted by Gasteiger charge is -2.25. The van der Waals surface area contributed by atoms with E-state index in [1.165, 1.54) is 35.4 Å². The van der Waals surface area contributed by atoms with Gasteiger partial charge in [-0.2, -0.15) is 0 Å². The first-order valence-electron chi connectivity index (χ1n) is 8.31. The Hall–Kier alpha value is -1.49. The van der Waals surface area contributed by atoms with Gasteiger partial charge in [-0.25, -0.2) is 0 Å². The van der Waals surface area contributed by atoms with E-state index in [0.29, 0.717) is 13.2 Å². The van der Waals surface area contributed by atoms with Crippen molar-refractivity contribution in [2.45, 2.75) is 32.2 Å². The number of aliphatic hydroxyl groups is 1. The molecule has 1 aromatic carbocycles. The summed E-state index contributed by atoms with van der Waals surface area (Å²) in [6.45, 7) is 1.86. The summed E-state index contributed by atoms with van der Waals surface area (Å²) in [7, 11) is 0. The molecule has 0 bridgehead atoms. The van der Waals surface area contributed by atoms with Crippen LogP contribution in [0.4, 0.5) is 0 Å². The van der Waals surface area contributed by atoms with Crippen LogP contribution in [-0.2, 0) is 24.1 Å². The van der Waals surface area contributed by atoms with Gasteiger partial charge >= 0.3 is 0 Å². The van der Waals surface area contributed by atoms with Crippen LogP contribution in [0.1, 0.15) is 24.1 Å². The summed E-state index contributed by atoms with van der Waals surface area (Å²) in [5.74, 6) is 0. The van der Waals surface area contributed by atoms with Gasteiger partial charge in [0.2, 0.25) is 0 Å². The third-order valence-corrected chi connectivity index (χ3v) is 4.75. The van der Waals surface area contributed by atoms with E-state index < -0.39 is 0 Å². The van der Waals surface area contributed by atoms with Crippen molar-refractivity contribution in [1.82, 2.24) is 4.57 Å². The molecule has 0 aliphatic heterocycles. The van der Waals surface area contributed by atoms with E-state index in [1.807, 2.05) is 6.07 Å². The van der Waals surface area contributed by atoms with E-state index in [4.69, 9.17) is 22.1 Å². The smallest absolute Gasteiger partial charge is 0.0698 e. The van der Waals surface area contributed by atoms with Gasteiger partial charge in [0, 0.05) is 22.4 Å². The van der Waals surface area contributed by atoms with Crippen molar-refractivity contribution in [2.75, 3.05) is 19.8 Å². The SMILES string of the molecule is OCCOCCn1c(-c2ccccc2)cc(=S)c2c1CCCC2. The van der Waals surface area contributed by atoms with Crippen molar-refractivity contribution in [2.24, 2.45) is 0 Å². The molecule has 4 heteroatoms. The molecule has 0 fully saturated rings. The summed E-state index contributed by atoms with van der Waals surface area (Å²) >= 11 is 5.66. The first-order valence-corrected chi connectivity index (χ1v) is 8.71. The second-order valence-electron chi connectivity index (χ2n) is 5.88. The predicted octanol–water partition coefficient (Wildman–Crippen LogP) is 3.77. The largest absolute Gasteiger partial charge is 0.394 e. The molecule has 1 aromatic heterocycles. The number of ether oxygens (including phenoxy) is 1. The Kier molecular flexibility index (Phi) is 5.60. The van der Waals surface area contributed by atoms with E-state index in [-0.39, 0.29) is 6.61 Å². The monoisotopic (exact) mass is 329 g/mol. The molecule has 122 valence electrons.